The van der Waals surface area contributed by atoms with Crippen molar-refractivity contribution in [2.24, 2.45) is 5.92 Å². The molecule has 0 bridgehead atoms. The highest BCUT2D eigenvalue weighted by Gasteiger charge is 2.16. The normalized spacial score (nSPS) is 22.9. The summed E-state index contributed by atoms with van der Waals surface area (Å²) in [7, 11) is -0.940. The summed E-state index contributed by atoms with van der Waals surface area (Å²) >= 11 is 0. The van der Waals surface area contributed by atoms with Gasteiger partial charge in [0.2, 0.25) is 0 Å². The maximum atomic E-state index is 12.0. The summed E-state index contributed by atoms with van der Waals surface area (Å²) in [6, 6.07) is 6.65. The zero-order chi connectivity index (χ0) is 11.4. The van der Waals surface area contributed by atoms with Crippen LogP contribution in [0.4, 0.5) is 0 Å². The summed E-state index contributed by atoms with van der Waals surface area (Å²) in [6.07, 6.45) is 2.34. The van der Waals surface area contributed by atoms with Crippen LogP contribution in [0.1, 0.15) is 12.8 Å². The molecule has 1 aliphatic heterocycles. The van der Waals surface area contributed by atoms with Gasteiger partial charge in [-0.2, -0.15) is 0 Å². The number of hydrogen-bond acceptors (Lipinski definition) is 3. The molecule has 0 amide bonds. The summed E-state index contributed by atoms with van der Waals surface area (Å²) in [4.78, 5) is 0.809. The second-order valence-electron chi connectivity index (χ2n) is 4.22. The van der Waals surface area contributed by atoms with E-state index in [-0.39, 0.29) is 5.75 Å². The van der Waals surface area contributed by atoms with Gasteiger partial charge in [0.1, 0.15) is 5.75 Å². The molecule has 0 radical (unpaired) electrons. The third kappa shape index (κ3) is 3.06. The number of rotatable bonds is 3. The highest BCUT2D eigenvalue weighted by molar-refractivity contribution is 7.85. The molecule has 1 saturated heterocycles. The van der Waals surface area contributed by atoms with Gasteiger partial charge in [-0.05, 0) is 56.1 Å². The predicted octanol–water partition coefficient (Wildman–Crippen LogP) is 1.50. The van der Waals surface area contributed by atoms with Crippen LogP contribution >= 0.6 is 0 Å². The Bertz CT molecular complexity index is 358. The molecule has 16 heavy (non-hydrogen) atoms. The molecule has 1 fully saturated rings. The highest BCUT2D eigenvalue weighted by atomic mass is 32.2. The van der Waals surface area contributed by atoms with Crippen molar-refractivity contribution in [3.63, 3.8) is 0 Å². The van der Waals surface area contributed by atoms with Gasteiger partial charge in [0, 0.05) is 10.6 Å². The fourth-order valence-electron chi connectivity index (χ4n) is 1.97. The first-order valence-electron chi connectivity index (χ1n) is 5.64. The van der Waals surface area contributed by atoms with Crippen molar-refractivity contribution in [1.82, 2.24) is 5.32 Å². The van der Waals surface area contributed by atoms with Gasteiger partial charge in [-0.25, -0.2) is 0 Å². The fraction of sp³-hybridized carbons (Fsp3) is 0.500. The van der Waals surface area contributed by atoms with Gasteiger partial charge in [0.15, 0.2) is 0 Å². The summed E-state index contributed by atoms with van der Waals surface area (Å²) in [5.41, 5.74) is 0. The minimum atomic E-state index is -0.940. The van der Waals surface area contributed by atoms with Crippen molar-refractivity contribution >= 4 is 10.8 Å². The molecule has 1 aromatic rings. The fourth-order valence-corrected chi connectivity index (χ4v) is 3.32. The smallest absolute Gasteiger partial charge is 0.115 e. The van der Waals surface area contributed by atoms with Crippen LogP contribution in [0.15, 0.2) is 29.2 Å². The SMILES string of the molecule is O=S(CC1CCCNC1)c1ccc(O)cc1. The van der Waals surface area contributed by atoms with Gasteiger partial charge >= 0.3 is 0 Å². The molecule has 4 heteroatoms. The number of aromatic hydroxyl groups is 1. The molecule has 0 saturated carbocycles. The second-order valence-corrected chi connectivity index (χ2v) is 5.71. The van der Waals surface area contributed by atoms with Crippen molar-refractivity contribution in [2.75, 3.05) is 18.8 Å². The molecular formula is C12H17NO2S. The van der Waals surface area contributed by atoms with E-state index in [2.05, 4.69) is 5.32 Å². The van der Waals surface area contributed by atoms with E-state index in [1.165, 1.54) is 6.42 Å². The summed E-state index contributed by atoms with van der Waals surface area (Å²) in [5.74, 6) is 1.46. The van der Waals surface area contributed by atoms with Crippen molar-refractivity contribution in [3.05, 3.63) is 24.3 Å². The number of piperidine rings is 1. The monoisotopic (exact) mass is 239 g/mol. The van der Waals surface area contributed by atoms with Crippen LogP contribution in [0.25, 0.3) is 0 Å². The zero-order valence-corrected chi connectivity index (χ0v) is 10.0. The molecule has 0 aliphatic carbocycles. The number of hydrogen-bond donors (Lipinski definition) is 2. The van der Waals surface area contributed by atoms with Crippen molar-refractivity contribution in [3.8, 4) is 5.75 Å². The summed E-state index contributed by atoms with van der Waals surface area (Å²) < 4.78 is 12.0. The predicted molar refractivity (Wildman–Crippen MR) is 65.0 cm³/mol. The minimum absolute atomic E-state index is 0.222. The van der Waals surface area contributed by atoms with E-state index in [4.69, 9.17) is 5.11 Å². The molecule has 2 atom stereocenters. The molecule has 1 aromatic carbocycles. The topological polar surface area (TPSA) is 49.3 Å². The van der Waals surface area contributed by atoms with Crippen LogP contribution in [-0.2, 0) is 10.8 Å². The average Bonchev–Trinajstić information content (AvgIpc) is 2.31. The third-order valence-corrected chi connectivity index (χ3v) is 4.46. The van der Waals surface area contributed by atoms with E-state index in [0.29, 0.717) is 5.92 Å². The van der Waals surface area contributed by atoms with Crippen LogP contribution in [0.3, 0.4) is 0 Å². The molecule has 2 rings (SSSR count). The molecule has 88 valence electrons. The van der Waals surface area contributed by atoms with Crippen LogP contribution in [-0.4, -0.2) is 28.2 Å². The van der Waals surface area contributed by atoms with Crippen LogP contribution < -0.4 is 5.32 Å². The van der Waals surface area contributed by atoms with Crippen molar-refractivity contribution < 1.29 is 9.32 Å². The zero-order valence-electron chi connectivity index (χ0n) is 9.19. The van der Waals surface area contributed by atoms with Crippen LogP contribution in [0, 0.1) is 5.92 Å². The van der Waals surface area contributed by atoms with Crippen LogP contribution in [0.2, 0.25) is 0 Å². The molecule has 1 aliphatic rings. The Kier molecular flexibility index (Phi) is 3.96. The van der Waals surface area contributed by atoms with E-state index >= 15 is 0 Å². The van der Waals surface area contributed by atoms with Gasteiger partial charge in [0.25, 0.3) is 0 Å². The Labute approximate surface area is 98.3 Å². The van der Waals surface area contributed by atoms with E-state index in [9.17, 15) is 4.21 Å². The molecule has 2 N–H and O–H groups in total. The van der Waals surface area contributed by atoms with E-state index in [1.54, 1.807) is 24.3 Å². The summed E-state index contributed by atoms with van der Waals surface area (Å²) in [5, 5.41) is 12.5. The molecule has 3 nitrogen and oxygen atoms in total. The van der Waals surface area contributed by atoms with E-state index in [1.807, 2.05) is 0 Å². The van der Waals surface area contributed by atoms with E-state index in [0.717, 1.165) is 30.2 Å². The average molecular weight is 239 g/mol. The Morgan fingerprint density at radius 3 is 2.75 bits per heavy atom. The number of nitrogens with one attached hydrogen (secondary N) is 1. The Morgan fingerprint density at radius 2 is 2.12 bits per heavy atom. The second kappa shape index (κ2) is 5.46. The maximum Gasteiger partial charge on any atom is 0.115 e. The largest absolute Gasteiger partial charge is 0.508 e. The molecular weight excluding hydrogens is 222 g/mol. The summed E-state index contributed by atoms with van der Waals surface area (Å²) in [6.45, 7) is 2.06. The van der Waals surface area contributed by atoms with Crippen molar-refractivity contribution in [1.29, 1.82) is 0 Å². The van der Waals surface area contributed by atoms with Gasteiger partial charge in [-0.15, -0.1) is 0 Å². The van der Waals surface area contributed by atoms with Gasteiger partial charge in [-0.3, -0.25) is 4.21 Å². The first-order chi connectivity index (χ1) is 7.75. The lowest BCUT2D eigenvalue weighted by Crippen LogP contribution is -2.32. The first kappa shape index (κ1) is 11.6. The number of benzene rings is 1. The lowest BCUT2D eigenvalue weighted by Gasteiger charge is -2.22. The highest BCUT2D eigenvalue weighted by Crippen LogP contribution is 2.17. The quantitative estimate of drug-likeness (QED) is 0.840. The van der Waals surface area contributed by atoms with Gasteiger partial charge in [0.05, 0.1) is 10.8 Å². The number of phenols is 1. The van der Waals surface area contributed by atoms with Crippen molar-refractivity contribution in [2.45, 2.75) is 17.7 Å². The Hall–Kier alpha value is -0.870. The third-order valence-electron chi connectivity index (χ3n) is 2.89. The van der Waals surface area contributed by atoms with Gasteiger partial charge in [-0.1, -0.05) is 0 Å². The lowest BCUT2D eigenvalue weighted by molar-refractivity contribution is 0.408. The first-order valence-corrected chi connectivity index (χ1v) is 6.96. The molecule has 1 heterocycles. The van der Waals surface area contributed by atoms with Crippen LogP contribution in [0.5, 0.6) is 5.75 Å². The molecule has 2 unspecified atom stereocenters. The minimum Gasteiger partial charge on any atom is -0.508 e. The maximum absolute atomic E-state index is 12.0. The Morgan fingerprint density at radius 1 is 1.38 bits per heavy atom. The number of phenolic OH excluding ortho intramolecular Hbond substituents is 1. The van der Waals surface area contributed by atoms with Gasteiger partial charge < -0.3 is 10.4 Å². The Balaban J connectivity index is 1.94. The molecule has 0 aromatic heterocycles. The standard InChI is InChI=1S/C12H17NO2S/c14-11-3-5-12(6-4-11)16(15)9-10-2-1-7-13-8-10/h3-6,10,13-14H,1-2,7-9H2. The van der Waals surface area contributed by atoms with E-state index < -0.39 is 10.8 Å². The lowest BCUT2D eigenvalue weighted by atomic mass is 10.0. The molecule has 0 spiro atoms.